The highest BCUT2D eigenvalue weighted by atomic mass is 15.3. The van der Waals surface area contributed by atoms with Crippen LogP contribution in [-0.4, -0.2) is 42.0 Å². The van der Waals surface area contributed by atoms with Crippen LogP contribution in [0.15, 0.2) is 23.9 Å². The van der Waals surface area contributed by atoms with Gasteiger partial charge in [-0.05, 0) is 32.8 Å². The molecule has 0 aromatic carbocycles. The van der Waals surface area contributed by atoms with E-state index >= 15 is 0 Å². The van der Waals surface area contributed by atoms with Gasteiger partial charge in [0, 0.05) is 37.9 Å². The van der Waals surface area contributed by atoms with Crippen LogP contribution >= 0.6 is 0 Å². The molecule has 1 heterocycles. The summed E-state index contributed by atoms with van der Waals surface area (Å²) in [5.74, 6) is 0. The number of nitrogens with zero attached hydrogens (tertiary/aromatic N) is 2. The van der Waals surface area contributed by atoms with Crippen LogP contribution in [0.4, 0.5) is 0 Å². The summed E-state index contributed by atoms with van der Waals surface area (Å²) in [5.41, 5.74) is 1.42. The van der Waals surface area contributed by atoms with Crippen molar-refractivity contribution in [3.05, 3.63) is 30.3 Å². The van der Waals surface area contributed by atoms with Crippen LogP contribution in [0.3, 0.4) is 0 Å². The van der Waals surface area contributed by atoms with Gasteiger partial charge in [-0.15, -0.1) is 0 Å². The molecule has 2 aliphatic rings. The molecule has 1 aliphatic carbocycles. The fourth-order valence-corrected chi connectivity index (χ4v) is 2.23. The molecule has 0 saturated carbocycles. The summed E-state index contributed by atoms with van der Waals surface area (Å²) in [7, 11) is 0. The van der Waals surface area contributed by atoms with Crippen LogP contribution in [-0.2, 0) is 0 Å². The van der Waals surface area contributed by atoms with Gasteiger partial charge < -0.3 is 4.90 Å². The predicted octanol–water partition coefficient (Wildman–Crippen LogP) is 2.06. The van der Waals surface area contributed by atoms with E-state index in [2.05, 4.69) is 48.3 Å². The van der Waals surface area contributed by atoms with Gasteiger partial charge in [0.05, 0.1) is 0 Å². The van der Waals surface area contributed by atoms with Crippen molar-refractivity contribution < 1.29 is 0 Å². The first kappa shape index (κ1) is 10.7. The minimum Gasteiger partial charge on any atom is -0.369 e. The van der Waals surface area contributed by atoms with Gasteiger partial charge in [0.25, 0.3) is 0 Å². The summed E-state index contributed by atoms with van der Waals surface area (Å²) in [6, 6.07) is 0.691. The number of rotatable bonds is 2. The third-order valence-corrected chi connectivity index (χ3v) is 3.28. The van der Waals surface area contributed by atoms with Gasteiger partial charge in [0.1, 0.15) is 0 Å². The molecule has 1 radical (unpaired) electrons. The Kier molecular flexibility index (Phi) is 3.47. The fraction of sp³-hybridized carbons (Fsp3) is 0.615. The molecular weight excluding hydrogens is 184 g/mol. The molecule has 0 atom stereocenters. The van der Waals surface area contributed by atoms with E-state index < -0.39 is 0 Å². The molecule has 1 fully saturated rings. The Balaban J connectivity index is 1.88. The van der Waals surface area contributed by atoms with Crippen molar-refractivity contribution in [2.75, 3.05) is 26.2 Å². The Morgan fingerprint density at radius 2 is 1.87 bits per heavy atom. The van der Waals surface area contributed by atoms with Crippen molar-refractivity contribution in [3.63, 3.8) is 0 Å². The van der Waals surface area contributed by atoms with Gasteiger partial charge in [-0.1, -0.05) is 12.2 Å². The average Bonchev–Trinajstić information content (AvgIpc) is 2.30. The largest absolute Gasteiger partial charge is 0.369 e. The van der Waals surface area contributed by atoms with E-state index in [1.54, 1.807) is 0 Å². The minimum atomic E-state index is 0.691. The quantitative estimate of drug-likeness (QED) is 0.681. The zero-order chi connectivity index (χ0) is 10.7. The molecule has 0 spiro atoms. The monoisotopic (exact) mass is 205 g/mol. The zero-order valence-electron chi connectivity index (χ0n) is 9.82. The van der Waals surface area contributed by atoms with E-state index in [9.17, 15) is 0 Å². The van der Waals surface area contributed by atoms with Crippen LogP contribution in [0.25, 0.3) is 0 Å². The van der Waals surface area contributed by atoms with Crippen molar-refractivity contribution in [2.45, 2.75) is 26.3 Å². The number of piperazine rings is 1. The number of hydrogen-bond donors (Lipinski definition) is 0. The standard InChI is InChI=1S/C13H21N2/c1-12(2)14-8-10-15(11-9-14)13-6-4-3-5-7-13/h3-4,6-7,12H,5,8-11H2,1-2H3. The molecule has 1 aliphatic heterocycles. The summed E-state index contributed by atoms with van der Waals surface area (Å²) in [6.07, 6.45) is 10.0. The molecule has 0 aromatic heterocycles. The first-order valence-corrected chi connectivity index (χ1v) is 5.96. The van der Waals surface area contributed by atoms with Crippen molar-refractivity contribution in [3.8, 4) is 0 Å². The van der Waals surface area contributed by atoms with E-state index in [0.717, 1.165) is 6.42 Å². The minimum absolute atomic E-state index is 0.691. The second-order valence-corrected chi connectivity index (χ2v) is 4.58. The predicted molar refractivity (Wildman–Crippen MR) is 64.4 cm³/mol. The van der Waals surface area contributed by atoms with Gasteiger partial charge >= 0.3 is 0 Å². The van der Waals surface area contributed by atoms with Gasteiger partial charge in [0.15, 0.2) is 0 Å². The lowest BCUT2D eigenvalue weighted by atomic mass is 10.1. The van der Waals surface area contributed by atoms with Gasteiger partial charge in [-0.2, -0.15) is 0 Å². The van der Waals surface area contributed by atoms with Crippen LogP contribution in [0, 0.1) is 6.42 Å². The number of hydrogen-bond acceptors (Lipinski definition) is 2. The summed E-state index contributed by atoms with van der Waals surface area (Å²) in [4.78, 5) is 5.05. The third kappa shape index (κ3) is 2.63. The first-order chi connectivity index (χ1) is 7.27. The Hall–Kier alpha value is -0.760. The van der Waals surface area contributed by atoms with Crippen molar-refractivity contribution in [2.24, 2.45) is 0 Å². The maximum Gasteiger partial charge on any atom is 0.0323 e. The maximum absolute atomic E-state index is 2.55. The van der Waals surface area contributed by atoms with Crippen LogP contribution in [0.5, 0.6) is 0 Å². The highest BCUT2D eigenvalue weighted by molar-refractivity contribution is 5.25. The van der Waals surface area contributed by atoms with E-state index in [4.69, 9.17) is 0 Å². The van der Waals surface area contributed by atoms with Crippen molar-refractivity contribution in [1.82, 2.24) is 9.80 Å². The SMILES string of the molecule is CC(C)N1CCN(C2=CC[CH]C=C2)CC1. The molecule has 15 heavy (non-hydrogen) atoms. The fourth-order valence-electron chi connectivity index (χ4n) is 2.23. The smallest absolute Gasteiger partial charge is 0.0323 e. The summed E-state index contributed by atoms with van der Waals surface area (Å²) >= 11 is 0. The number of allylic oxidation sites excluding steroid dienone is 3. The Morgan fingerprint density at radius 1 is 1.13 bits per heavy atom. The lowest BCUT2D eigenvalue weighted by molar-refractivity contribution is 0.132. The van der Waals surface area contributed by atoms with E-state index in [1.165, 1.54) is 31.9 Å². The highest BCUT2D eigenvalue weighted by Crippen LogP contribution is 2.16. The van der Waals surface area contributed by atoms with E-state index in [-0.39, 0.29) is 0 Å². The topological polar surface area (TPSA) is 6.48 Å². The molecule has 0 aromatic rings. The summed E-state index contributed by atoms with van der Waals surface area (Å²) in [6.45, 7) is 9.32. The Morgan fingerprint density at radius 3 is 2.40 bits per heavy atom. The highest BCUT2D eigenvalue weighted by Gasteiger charge is 2.19. The van der Waals surface area contributed by atoms with E-state index in [0.29, 0.717) is 6.04 Å². The molecule has 2 heteroatoms. The molecule has 0 unspecified atom stereocenters. The van der Waals surface area contributed by atoms with Gasteiger partial charge in [-0.25, -0.2) is 0 Å². The van der Waals surface area contributed by atoms with Gasteiger partial charge in [0.2, 0.25) is 0 Å². The summed E-state index contributed by atoms with van der Waals surface area (Å²) < 4.78 is 0. The zero-order valence-corrected chi connectivity index (χ0v) is 9.82. The molecular formula is C13H21N2. The molecule has 1 saturated heterocycles. The molecule has 2 rings (SSSR count). The van der Waals surface area contributed by atoms with Gasteiger partial charge in [-0.3, -0.25) is 4.90 Å². The lowest BCUT2D eigenvalue weighted by Gasteiger charge is -2.39. The molecule has 83 valence electrons. The summed E-state index contributed by atoms with van der Waals surface area (Å²) in [5, 5.41) is 0. The van der Waals surface area contributed by atoms with Crippen LogP contribution < -0.4 is 0 Å². The van der Waals surface area contributed by atoms with Crippen molar-refractivity contribution in [1.29, 1.82) is 0 Å². The molecule has 2 nitrogen and oxygen atoms in total. The second-order valence-electron chi connectivity index (χ2n) is 4.58. The van der Waals surface area contributed by atoms with Crippen LogP contribution in [0.1, 0.15) is 20.3 Å². The normalized spacial score (nSPS) is 23.4. The Bertz CT molecular complexity index is 258. The van der Waals surface area contributed by atoms with Crippen molar-refractivity contribution >= 4 is 0 Å². The maximum atomic E-state index is 2.55. The lowest BCUT2D eigenvalue weighted by Crippen LogP contribution is -2.48. The molecule has 0 bridgehead atoms. The molecule has 0 N–H and O–H groups in total. The van der Waals surface area contributed by atoms with E-state index in [1.807, 2.05) is 0 Å². The molecule has 0 amide bonds. The van der Waals surface area contributed by atoms with Crippen LogP contribution in [0.2, 0.25) is 0 Å². The Labute approximate surface area is 93.2 Å². The third-order valence-electron chi connectivity index (χ3n) is 3.28. The second kappa shape index (κ2) is 4.84. The first-order valence-electron chi connectivity index (χ1n) is 5.96. The average molecular weight is 205 g/mol.